The van der Waals surface area contributed by atoms with Crippen LogP contribution in [0.3, 0.4) is 0 Å². The second-order valence-corrected chi connectivity index (χ2v) is 5.35. The number of ether oxygens (including phenoxy) is 1. The van der Waals surface area contributed by atoms with Crippen molar-refractivity contribution in [1.29, 1.82) is 0 Å². The SMILES string of the molecule is COc1ccc(CCN)cc1-c1c(C)cc(C)cc1C. The fraction of sp³-hybridized carbons (Fsp3) is 0.333. The van der Waals surface area contributed by atoms with E-state index in [2.05, 4.69) is 45.0 Å². The molecule has 106 valence electrons. The van der Waals surface area contributed by atoms with Crippen molar-refractivity contribution in [2.24, 2.45) is 5.73 Å². The lowest BCUT2D eigenvalue weighted by molar-refractivity contribution is 0.416. The zero-order valence-corrected chi connectivity index (χ0v) is 12.8. The molecule has 2 rings (SSSR count). The molecule has 2 N–H and O–H groups in total. The van der Waals surface area contributed by atoms with Crippen molar-refractivity contribution in [3.8, 4) is 16.9 Å². The van der Waals surface area contributed by atoms with Crippen LogP contribution in [-0.4, -0.2) is 13.7 Å². The number of benzene rings is 2. The van der Waals surface area contributed by atoms with Gasteiger partial charge in [0.25, 0.3) is 0 Å². The molecule has 0 fully saturated rings. The molecule has 2 aromatic carbocycles. The number of aryl methyl sites for hydroxylation is 3. The highest BCUT2D eigenvalue weighted by molar-refractivity contribution is 5.77. The molecule has 0 saturated heterocycles. The fourth-order valence-corrected chi connectivity index (χ4v) is 2.88. The summed E-state index contributed by atoms with van der Waals surface area (Å²) in [7, 11) is 1.72. The number of methoxy groups -OCH3 is 1. The predicted molar refractivity (Wildman–Crippen MR) is 85.4 cm³/mol. The summed E-state index contributed by atoms with van der Waals surface area (Å²) >= 11 is 0. The minimum atomic E-state index is 0.664. The molecular formula is C18H23NO. The van der Waals surface area contributed by atoms with Gasteiger partial charge in [0.15, 0.2) is 0 Å². The molecule has 0 spiro atoms. The molecule has 0 heterocycles. The Balaban J connectivity index is 2.64. The van der Waals surface area contributed by atoms with E-state index in [1.165, 1.54) is 27.8 Å². The Bertz CT molecular complexity index is 594. The maximum atomic E-state index is 5.67. The molecule has 2 aromatic rings. The molecule has 0 bridgehead atoms. The maximum Gasteiger partial charge on any atom is 0.126 e. The van der Waals surface area contributed by atoms with Crippen LogP contribution in [-0.2, 0) is 6.42 Å². The highest BCUT2D eigenvalue weighted by atomic mass is 16.5. The van der Waals surface area contributed by atoms with Gasteiger partial charge in [-0.3, -0.25) is 0 Å². The molecule has 0 saturated carbocycles. The standard InChI is InChI=1S/C18H23NO/c1-12-9-13(2)18(14(3)10-12)16-11-15(7-8-19)5-6-17(16)20-4/h5-6,9-11H,7-8,19H2,1-4H3. The minimum Gasteiger partial charge on any atom is -0.496 e. The predicted octanol–water partition coefficient (Wildman–Crippen LogP) is 3.79. The van der Waals surface area contributed by atoms with Gasteiger partial charge >= 0.3 is 0 Å². The van der Waals surface area contributed by atoms with E-state index in [0.717, 1.165) is 17.7 Å². The van der Waals surface area contributed by atoms with Crippen LogP contribution in [0.4, 0.5) is 0 Å². The van der Waals surface area contributed by atoms with Gasteiger partial charge in [-0.1, -0.05) is 23.8 Å². The molecule has 0 amide bonds. The largest absolute Gasteiger partial charge is 0.496 e. The first-order chi connectivity index (χ1) is 9.56. The van der Waals surface area contributed by atoms with Crippen molar-refractivity contribution >= 4 is 0 Å². The Morgan fingerprint density at radius 3 is 2.20 bits per heavy atom. The van der Waals surface area contributed by atoms with Gasteiger partial charge in [0.05, 0.1) is 7.11 Å². The molecule has 2 heteroatoms. The van der Waals surface area contributed by atoms with Crippen LogP contribution in [0.2, 0.25) is 0 Å². The highest BCUT2D eigenvalue weighted by Gasteiger charge is 2.12. The van der Waals surface area contributed by atoms with E-state index in [-0.39, 0.29) is 0 Å². The first-order valence-electron chi connectivity index (χ1n) is 7.02. The lowest BCUT2D eigenvalue weighted by Crippen LogP contribution is -2.03. The molecular weight excluding hydrogens is 246 g/mol. The van der Waals surface area contributed by atoms with E-state index < -0.39 is 0 Å². The summed E-state index contributed by atoms with van der Waals surface area (Å²) in [4.78, 5) is 0. The smallest absolute Gasteiger partial charge is 0.126 e. The third-order valence-corrected chi connectivity index (χ3v) is 3.64. The molecule has 0 aliphatic rings. The average molecular weight is 269 g/mol. The Morgan fingerprint density at radius 1 is 1.00 bits per heavy atom. The Labute approximate surface area is 121 Å². The second kappa shape index (κ2) is 6.10. The molecule has 0 unspecified atom stereocenters. The summed E-state index contributed by atoms with van der Waals surface area (Å²) in [5, 5.41) is 0. The first kappa shape index (κ1) is 14.6. The summed E-state index contributed by atoms with van der Waals surface area (Å²) in [5.74, 6) is 0.917. The monoisotopic (exact) mass is 269 g/mol. The summed E-state index contributed by atoms with van der Waals surface area (Å²) in [6.45, 7) is 7.11. The Hall–Kier alpha value is -1.80. The van der Waals surface area contributed by atoms with Crippen LogP contribution >= 0.6 is 0 Å². The third kappa shape index (κ3) is 2.86. The van der Waals surface area contributed by atoms with E-state index in [0.29, 0.717) is 6.54 Å². The van der Waals surface area contributed by atoms with Crippen molar-refractivity contribution in [3.05, 3.63) is 52.6 Å². The van der Waals surface area contributed by atoms with Crippen LogP contribution in [0.1, 0.15) is 22.3 Å². The topological polar surface area (TPSA) is 35.2 Å². The van der Waals surface area contributed by atoms with E-state index >= 15 is 0 Å². The molecule has 0 aliphatic heterocycles. The van der Waals surface area contributed by atoms with Gasteiger partial charge in [0.2, 0.25) is 0 Å². The van der Waals surface area contributed by atoms with Crippen LogP contribution in [0, 0.1) is 20.8 Å². The summed E-state index contributed by atoms with van der Waals surface area (Å²) < 4.78 is 5.54. The second-order valence-electron chi connectivity index (χ2n) is 5.35. The Morgan fingerprint density at radius 2 is 1.65 bits per heavy atom. The zero-order valence-electron chi connectivity index (χ0n) is 12.8. The Kier molecular flexibility index (Phi) is 4.46. The molecule has 0 aliphatic carbocycles. The van der Waals surface area contributed by atoms with Gasteiger partial charge in [-0.2, -0.15) is 0 Å². The van der Waals surface area contributed by atoms with Crippen molar-refractivity contribution < 1.29 is 4.74 Å². The summed E-state index contributed by atoms with van der Waals surface area (Å²) in [6.07, 6.45) is 0.890. The minimum absolute atomic E-state index is 0.664. The lowest BCUT2D eigenvalue weighted by atomic mass is 9.92. The van der Waals surface area contributed by atoms with E-state index in [1.807, 2.05) is 6.07 Å². The number of hydrogen-bond donors (Lipinski definition) is 1. The quantitative estimate of drug-likeness (QED) is 0.916. The molecule has 20 heavy (non-hydrogen) atoms. The van der Waals surface area contributed by atoms with Crippen molar-refractivity contribution in [2.45, 2.75) is 27.2 Å². The van der Waals surface area contributed by atoms with Crippen molar-refractivity contribution in [2.75, 3.05) is 13.7 Å². The normalized spacial score (nSPS) is 10.7. The van der Waals surface area contributed by atoms with Crippen molar-refractivity contribution in [3.63, 3.8) is 0 Å². The zero-order chi connectivity index (χ0) is 14.7. The van der Waals surface area contributed by atoms with Crippen LogP contribution in [0.15, 0.2) is 30.3 Å². The first-order valence-corrected chi connectivity index (χ1v) is 7.02. The lowest BCUT2D eigenvalue weighted by Gasteiger charge is -2.16. The van der Waals surface area contributed by atoms with Gasteiger partial charge in [0.1, 0.15) is 5.75 Å². The third-order valence-electron chi connectivity index (χ3n) is 3.64. The van der Waals surface area contributed by atoms with E-state index in [4.69, 9.17) is 10.5 Å². The van der Waals surface area contributed by atoms with Crippen molar-refractivity contribution in [1.82, 2.24) is 0 Å². The number of nitrogens with two attached hydrogens (primary N) is 1. The van der Waals surface area contributed by atoms with Gasteiger partial charge in [0, 0.05) is 5.56 Å². The fourth-order valence-electron chi connectivity index (χ4n) is 2.88. The van der Waals surface area contributed by atoms with E-state index in [1.54, 1.807) is 7.11 Å². The number of rotatable bonds is 4. The van der Waals surface area contributed by atoms with Gasteiger partial charge < -0.3 is 10.5 Å². The van der Waals surface area contributed by atoms with Gasteiger partial charge in [-0.15, -0.1) is 0 Å². The molecule has 2 nitrogen and oxygen atoms in total. The number of hydrogen-bond acceptors (Lipinski definition) is 2. The molecule has 0 radical (unpaired) electrons. The van der Waals surface area contributed by atoms with E-state index in [9.17, 15) is 0 Å². The highest BCUT2D eigenvalue weighted by Crippen LogP contribution is 2.36. The maximum absolute atomic E-state index is 5.67. The van der Waals surface area contributed by atoms with Crippen LogP contribution in [0.5, 0.6) is 5.75 Å². The van der Waals surface area contributed by atoms with Crippen LogP contribution < -0.4 is 10.5 Å². The van der Waals surface area contributed by atoms with Crippen LogP contribution in [0.25, 0.3) is 11.1 Å². The van der Waals surface area contributed by atoms with Gasteiger partial charge in [-0.05, 0) is 68.1 Å². The summed E-state index contributed by atoms with van der Waals surface area (Å²) in [6, 6.07) is 10.8. The van der Waals surface area contributed by atoms with Gasteiger partial charge in [-0.25, -0.2) is 0 Å². The summed E-state index contributed by atoms with van der Waals surface area (Å²) in [5.41, 5.74) is 13.2. The molecule has 0 aromatic heterocycles. The molecule has 0 atom stereocenters. The average Bonchev–Trinajstić information content (AvgIpc) is 2.38.